The second kappa shape index (κ2) is 8.72. The molecule has 1 N–H and O–H groups in total. The lowest BCUT2D eigenvalue weighted by Crippen LogP contribution is -2.30. The SMILES string of the molecule is COc1cccc2cc(C(=O)C3=C(O)C(=O)N(Cc4ccc(F)cc4)C3c3ccc(F)cc3)oc12. The van der Waals surface area contributed by atoms with Crippen molar-refractivity contribution in [2.24, 2.45) is 0 Å². The Hall–Kier alpha value is -4.46. The molecule has 0 aliphatic carbocycles. The van der Waals surface area contributed by atoms with Crippen molar-refractivity contribution in [1.82, 2.24) is 4.90 Å². The van der Waals surface area contributed by atoms with Gasteiger partial charge in [-0.05, 0) is 47.5 Å². The summed E-state index contributed by atoms with van der Waals surface area (Å²) in [6.07, 6.45) is 0. The van der Waals surface area contributed by atoms with E-state index in [4.69, 9.17) is 9.15 Å². The van der Waals surface area contributed by atoms with E-state index in [9.17, 15) is 23.5 Å². The number of hydrogen-bond acceptors (Lipinski definition) is 5. The molecule has 8 heteroatoms. The fourth-order valence-electron chi connectivity index (χ4n) is 4.27. The zero-order chi connectivity index (χ0) is 24.7. The summed E-state index contributed by atoms with van der Waals surface area (Å²) in [6.45, 7) is -0.0179. The minimum absolute atomic E-state index is 0.0179. The molecule has 1 amide bonds. The Bertz CT molecular complexity index is 1470. The van der Waals surface area contributed by atoms with Crippen LogP contribution in [0.15, 0.2) is 88.5 Å². The molecule has 6 nitrogen and oxygen atoms in total. The quantitative estimate of drug-likeness (QED) is 0.373. The summed E-state index contributed by atoms with van der Waals surface area (Å²) in [4.78, 5) is 28.0. The van der Waals surface area contributed by atoms with Gasteiger partial charge in [0.25, 0.3) is 5.91 Å². The first-order chi connectivity index (χ1) is 16.9. The smallest absolute Gasteiger partial charge is 0.290 e. The van der Waals surface area contributed by atoms with Gasteiger partial charge in [-0.15, -0.1) is 0 Å². The molecule has 35 heavy (non-hydrogen) atoms. The number of furan rings is 1. The largest absolute Gasteiger partial charge is 0.503 e. The molecule has 1 aliphatic rings. The molecule has 0 fully saturated rings. The molecular formula is C27H19F2NO5. The Balaban J connectivity index is 1.59. The van der Waals surface area contributed by atoms with E-state index < -0.39 is 35.1 Å². The predicted molar refractivity (Wildman–Crippen MR) is 123 cm³/mol. The van der Waals surface area contributed by atoms with Gasteiger partial charge < -0.3 is 19.2 Å². The topological polar surface area (TPSA) is 80.0 Å². The van der Waals surface area contributed by atoms with E-state index in [0.717, 1.165) is 0 Å². The number of methoxy groups -OCH3 is 1. The molecule has 0 spiro atoms. The fourth-order valence-corrected chi connectivity index (χ4v) is 4.27. The zero-order valence-electron chi connectivity index (χ0n) is 18.5. The summed E-state index contributed by atoms with van der Waals surface area (Å²) in [5.74, 6) is -2.78. The number of aliphatic hydroxyl groups excluding tert-OH is 1. The summed E-state index contributed by atoms with van der Waals surface area (Å²) in [6, 6.07) is 16.5. The molecule has 0 saturated carbocycles. The minimum Gasteiger partial charge on any atom is -0.503 e. The first-order valence-electron chi connectivity index (χ1n) is 10.7. The number of amides is 1. The Labute approximate surface area is 198 Å². The van der Waals surface area contributed by atoms with E-state index in [-0.39, 0.29) is 17.9 Å². The molecule has 1 aromatic heterocycles. The monoisotopic (exact) mass is 475 g/mol. The van der Waals surface area contributed by atoms with Crippen LogP contribution in [-0.2, 0) is 11.3 Å². The number of rotatable bonds is 6. The van der Waals surface area contributed by atoms with Gasteiger partial charge in [-0.1, -0.05) is 36.4 Å². The van der Waals surface area contributed by atoms with Gasteiger partial charge in [0, 0.05) is 11.9 Å². The van der Waals surface area contributed by atoms with Crippen molar-refractivity contribution in [3.63, 3.8) is 0 Å². The van der Waals surface area contributed by atoms with Crippen molar-refractivity contribution in [1.29, 1.82) is 0 Å². The summed E-state index contributed by atoms with van der Waals surface area (Å²) < 4.78 is 38.1. The molecule has 3 aromatic carbocycles. The van der Waals surface area contributed by atoms with Crippen molar-refractivity contribution in [3.8, 4) is 5.75 Å². The number of para-hydroxylation sites is 1. The van der Waals surface area contributed by atoms with E-state index in [0.29, 0.717) is 27.8 Å². The van der Waals surface area contributed by atoms with Gasteiger partial charge >= 0.3 is 0 Å². The lowest BCUT2D eigenvalue weighted by atomic mass is 9.94. The summed E-state index contributed by atoms with van der Waals surface area (Å²) >= 11 is 0. The number of Topliss-reactive ketones (excluding diaryl/α,β-unsaturated/α-hetero) is 1. The summed E-state index contributed by atoms with van der Waals surface area (Å²) in [7, 11) is 1.47. The average molecular weight is 475 g/mol. The third-order valence-electron chi connectivity index (χ3n) is 5.95. The van der Waals surface area contributed by atoms with Gasteiger partial charge in [-0.25, -0.2) is 8.78 Å². The first kappa shape index (κ1) is 22.3. The number of carbonyl (C=O) groups excluding carboxylic acids is 2. The normalized spacial score (nSPS) is 15.8. The standard InChI is InChI=1S/C27H19F2NO5/c1-34-20-4-2-3-17-13-21(35-26(17)20)24(31)22-23(16-7-11-19(29)12-8-16)30(27(33)25(22)32)14-15-5-9-18(28)10-6-15/h2-13,23,32H,14H2,1H3. The third-order valence-corrected chi connectivity index (χ3v) is 5.95. The number of ketones is 1. The van der Waals surface area contributed by atoms with E-state index in [1.165, 1.54) is 66.6 Å². The third kappa shape index (κ3) is 3.93. The van der Waals surface area contributed by atoms with E-state index in [2.05, 4.69) is 0 Å². The van der Waals surface area contributed by atoms with Crippen LogP contribution in [0, 0.1) is 11.6 Å². The second-order valence-electron chi connectivity index (χ2n) is 8.09. The molecule has 1 aliphatic heterocycles. The van der Waals surface area contributed by atoms with Crippen LogP contribution in [0.3, 0.4) is 0 Å². The molecule has 5 rings (SSSR count). The lowest BCUT2D eigenvalue weighted by molar-refractivity contribution is -0.130. The Morgan fingerprint density at radius 2 is 1.69 bits per heavy atom. The van der Waals surface area contributed by atoms with Crippen molar-refractivity contribution in [2.75, 3.05) is 7.11 Å². The predicted octanol–water partition coefficient (Wildman–Crippen LogP) is 5.50. The summed E-state index contributed by atoms with van der Waals surface area (Å²) in [5.41, 5.74) is 1.16. The average Bonchev–Trinajstić information content (AvgIpc) is 3.40. The zero-order valence-corrected chi connectivity index (χ0v) is 18.5. The molecule has 176 valence electrons. The summed E-state index contributed by atoms with van der Waals surface area (Å²) in [5, 5.41) is 11.4. The highest BCUT2D eigenvalue weighted by molar-refractivity contribution is 6.16. The highest BCUT2D eigenvalue weighted by Crippen LogP contribution is 2.41. The Kier molecular flexibility index (Phi) is 5.56. The van der Waals surface area contributed by atoms with E-state index in [1.54, 1.807) is 18.2 Å². The minimum atomic E-state index is -1.02. The molecule has 1 atom stereocenters. The van der Waals surface area contributed by atoms with Gasteiger partial charge in [0.2, 0.25) is 5.78 Å². The van der Waals surface area contributed by atoms with Crippen molar-refractivity contribution in [3.05, 3.63) is 113 Å². The number of nitrogens with zero attached hydrogens (tertiary/aromatic N) is 1. The van der Waals surface area contributed by atoms with Crippen LogP contribution < -0.4 is 4.74 Å². The van der Waals surface area contributed by atoms with Crippen LogP contribution in [0.1, 0.15) is 27.7 Å². The highest BCUT2D eigenvalue weighted by atomic mass is 19.1. The molecule has 4 aromatic rings. The maximum absolute atomic E-state index is 13.6. The van der Waals surface area contributed by atoms with Crippen LogP contribution in [0.2, 0.25) is 0 Å². The second-order valence-corrected chi connectivity index (χ2v) is 8.09. The number of aliphatic hydroxyl groups is 1. The first-order valence-corrected chi connectivity index (χ1v) is 10.7. The maximum Gasteiger partial charge on any atom is 0.290 e. The van der Waals surface area contributed by atoms with Crippen LogP contribution >= 0.6 is 0 Å². The van der Waals surface area contributed by atoms with Crippen LogP contribution in [0.5, 0.6) is 5.75 Å². The molecule has 2 heterocycles. The van der Waals surface area contributed by atoms with Gasteiger partial charge in [0.1, 0.15) is 11.6 Å². The molecule has 1 unspecified atom stereocenters. The van der Waals surface area contributed by atoms with Crippen molar-refractivity contribution >= 4 is 22.7 Å². The molecule has 0 radical (unpaired) electrons. The molecule has 0 saturated heterocycles. The van der Waals surface area contributed by atoms with Gasteiger partial charge in [-0.3, -0.25) is 9.59 Å². The number of carbonyl (C=O) groups is 2. The van der Waals surface area contributed by atoms with Crippen molar-refractivity contribution < 1.29 is 32.6 Å². The maximum atomic E-state index is 13.6. The fraction of sp³-hybridized carbons (Fsp3) is 0.111. The van der Waals surface area contributed by atoms with Crippen molar-refractivity contribution in [2.45, 2.75) is 12.6 Å². The van der Waals surface area contributed by atoms with E-state index >= 15 is 0 Å². The van der Waals surface area contributed by atoms with Crippen LogP contribution in [0.25, 0.3) is 11.0 Å². The van der Waals surface area contributed by atoms with Gasteiger partial charge in [-0.2, -0.15) is 0 Å². The molecule has 0 bridgehead atoms. The number of ether oxygens (including phenoxy) is 1. The number of fused-ring (bicyclic) bond motifs is 1. The van der Waals surface area contributed by atoms with E-state index in [1.807, 2.05) is 0 Å². The Morgan fingerprint density at radius 1 is 1.03 bits per heavy atom. The van der Waals surface area contributed by atoms with Gasteiger partial charge in [0.05, 0.1) is 18.7 Å². The van der Waals surface area contributed by atoms with Crippen LogP contribution in [0.4, 0.5) is 8.78 Å². The molecular weight excluding hydrogens is 456 g/mol. The Morgan fingerprint density at radius 3 is 2.34 bits per heavy atom. The van der Waals surface area contributed by atoms with Gasteiger partial charge in [0.15, 0.2) is 22.9 Å². The highest BCUT2D eigenvalue weighted by Gasteiger charge is 2.44. The lowest BCUT2D eigenvalue weighted by Gasteiger charge is -2.26. The number of halogens is 2. The number of benzene rings is 3. The number of hydrogen-bond donors (Lipinski definition) is 1. The van der Waals surface area contributed by atoms with Crippen LogP contribution in [-0.4, -0.2) is 28.8 Å².